The maximum absolute atomic E-state index is 12.5. The highest BCUT2D eigenvalue weighted by molar-refractivity contribution is 6.11. The maximum atomic E-state index is 12.5. The van der Waals surface area contributed by atoms with Crippen molar-refractivity contribution >= 4 is 11.7 Å². The molecule has 2 aliphatic heterocycles. The van der Waals surface area contributed by atoms with Crippen molar-refractivity contribution < 1.29 is 9.53 Å². The van der Waals surface area contributed by atoms with Crippen molar-refractivity contribution in [1.82, 2.24) is 4.90 Å². The van der Waals surface area contributed by atoms with Gasteiger partial charge in [-0.1, -0.05) is 36.4 Å². The molecule has 120 valence electrons. The van der Waals surface area contributed by atoms with Gasteiger partial charge in [0, 0.05) is 24.4 Å². The summed E-state index contributed by atoms with van der Waals surface area (Å²) >= 11 is 0. The summed E-state index contributed by atoms with van der Waals surface area (Å²) in [5, 5.41) is 0. The topological polar surface area (TPSA) is 41.9 Å². The average molecular weight is 310 g/mol. The van der Waals surface area contributed by atoms with E-state index in [1.807, 2.05) is 43.3 Å². The molecule has 0 atom stereocenters. The second kappa shape index (κ2) is 7.27. The zero-order chi connectivity index (χ0) is 16.1. The van der Waals surface area contributed by atoms with Crippen LogP contribution in [0.5, 0.6) is 0 Å². The van der Waals surface area contributed by atoms with Crippen LogP contribution in [-0.2, 0) is 9.53 Å². The van der Waals surface area contributed by atoms with E-state index in [1.165, 1.54) is 6.42 Å². The lowest BCUT2D eigenvalue weighted by Crippen LogP contribution is -2.38. The lowest BCUT2D eigenvalue weighted by molar-refractivity contribution is -0.138. The van der Waals surface area contributed by atoms with Gasteiger partial charge in [0.05, 0.1) is 12.3 Å². The minimum absolute atomic E-state index is 0.321. The van der Waals surface area contributed by atoms with Gasteiger partial charge in [0.15, 0.2) is 5.70 Å². The first-order chi connectivity index (χ1) is 11.3. The summed E-state index contributed by atoms with van der Waals surface area (Å²) in [6.45, 7) is 4.18. The largest absolute Gasteiger partial charge is 0.461 e. The second-order valence-electron chi connectivity index (χ2n) is 5.66. The Labute approximate surface area is 137 Å². The van der Waals surface area contributed by atoms with E-state index >= 15 is 0 Å². The molecule has 4 heteroatoms. The van der Waals surface area contributed by atoms with Crippen molar-refractivity contribution in [2.24, 2.45) is 4.99 Å². The van der Waals surface area contributed by atoms with Crippen LogP contribution in [0.4, 0.5) is 0 Å². The molecule has 0 N–H and O–H groups in total. The fourth-order valence-corrected chi connectivity index (χ4v) is 2.78. The van der Waals surface area contributed by atoms with Crippen LogP contribution < -0.4 is 0 Å². The van der Waals surface area contributed by atoms with Gasteiger partial charge in [-0.3, -0.25) is 0 Å². The molecule has 1 aromatic carbocycles. The highest BCUT2D eigenvalue weighted by atomic mass is 16.5. The van der Waals surface area contributed by atoms with Crippen LogP contribution in [0.3, 0.4) is 0 Å². The predicted octanol–water partition coefficient (Wildman–Crippen LogP) is 3.31. The van der Waals surface area contributed by atoms with Gasteiger partial charge in [0.2, 0.25) is 0 Å². The lowest BCUT2D eigenvalue weighted by atomic mass is 10.0. The quantitative estimate of drug-likeness (QED) is 0.801. The van der Waals surface area contributed by atoms with Gasteiger partial charge in [-0.2, -0.15) is 0 Å². The van der Waals surface area contributed by atoms with E-state index in [1.54, 1.807) is 0 Å². The highest BCUT2D eigenvalue weighted by Crippen LogP contribution is 2.26. The van der Waals surface area contributed by atoms with E-state index in [4.69, 9.17) is 9.73 Å². The number of carbonyl (C=O) groups is 1. The number of ether oxygens (including phenoxy) is 1. The fraction of sp³-hybridized carbons (Fsp3) is 0.368. The number of esters is 1. The van der Waals surface area contributed by atoms with Crippen LogP contribution in [0.1, 0.15) is 31.7 Å². The molecule has 0 saturated carbocycles. The van der Waals surface area contributed by atoms with Crippen LogP contribution in [0.15, 0.2) is 58.9 Å². The molecule has 0 spiro atoms. The summed E-state index contributed by atoms with van der Waals surface area (Å²) in [6.07, 6.45) is 7.04. The SMILES string of the molecule is CCOC(=O)C1=C(/N2CCC2)CC\C=C/C(c2ccccc2)=N/1. The molecule has 0 amide bonds. The number of rotatable bonds is 4. The van der Waals surface area contributed by atoms with Gasteiger partial charge >= 0.3 is 5.97 Å². The van der Waals surface area contributed by atoms with Gasteiger partial charge in [0.1, 0.15) is 0 Å². The van der Waals surface area contributed by atoms with E-state index in [9.17, 15) is 4.79 Å². The smallest absolute Gasteiger partial charge is 0.358 e. The Morgan fingerprint density at radius 2 is 2.04 bits per heavy atom. The van der Waals surface area contributed by atoms with Crippen LogP contribution in [-0.4, -0.2) is 36.3 Å². The fourth-order valence-electron chi connectivity index (χ4n) is 2.78. The van der Waals surface area contributed by atoms with Gasteiger partial charge in [0.25, 0.3) is 0 Å². The van der Waals surface area contributed by atoms with Crippen LogP contribution in [0.25, 0.3) is 0 Å². The third-order valence-electron chi connectivity index (χ3n) is 4.11. The van der Waals surface area contributed by atoms with Gasteiger partial charge in [-0.05, 0) is 32.3 Å². The molecule has 3 rings (SSSR count). The van der Waals surface area contributed by atoms with Crippen molar-refractivity contribution in [2.75, 3.05) is 19.7 Å². The number of allylic oxidation sites excluding steroid dienone is 3. The lowest BCUT2D eigenvalue weighted by Gasteiger charge is -2.36. The molecule has 1 fully saturated rings. The predicted molar refractivity (Wildman–Crippen MR) is 91.2 cm³/mol. The number of benzene rings is 1. The molecule has 2 aliphatic rings. The van der Waals surface area contributed by atoms with Gasteiger partial charge < -0.3 is 9.64 Å². The minimum Gasteiger partial charge on any atom is -0.461 e. The number of carbonyl (C=O) groups excluding carboxylic acids is 1. The zero-order valence-electron chi connectivity index (χ0n) is 13.5. The molecule has 1 aromatic rings. The van der Waals surface area contributed by atoms with Crippen molar-refractivity contribution in [2.45, 2.75) is 26.2 Å². The normalized spacial score (nSPS) is 24.7. The van der Waals surface area contributed by atoms with E-state index in [2.05, 4.69) is 11.0 Å². The third kappa shape index (κ3) is 3.52. The molecule has 2 heterocycles. The number of hydrogen-bond donors (Lipinski definition) is 0. The molecule has 23 heavy (non-hydrogen) atoms. The van der Waals surface area contributed by atoms with Crippen LogP contribution in [0, 0.1) is 0 Å². The molecule has 0 bridgehead atoms. The van der Waals surface area contributed by atoms with E-state index in [0.29, 0.717) is 12.3 Å². The zero-order valence-corrected chi connectivity index (χ0v) is 13.5. The molecule has 0 unspecified atom stereocenters. The monoisotopic (exact) mass is 310 g/mol. The first kappa shape index (κ1) is 15.5. The molecular weight excluding hydrogens is 288 g/mol. The van der Waals surface area contributed by atoms with Crippen molar-refractivity contribution in [3.05, 3.63) is 59.4 Å². The summed E-state index contributed by atoms with van der Waals surface area (Å²) in [4.78, 5) is 19.4. The Balaban J connectivity index is 2.05. The number of aliphatic imine (C=N–C) groups is 1. The summed E-state index contributed by atoms with van der Waals surface area (Å²) in [5.41, 5.74) is 3.31. The van der Waals surface area contributed by atoms with Gasteiger partial charge in [-0.15, -0.1) is 0 Å². The third-order valence-corrected chi connectivity index (χ3v) is 4.11. The Morgan fingerprint density at radius 3 is 2.70 bits per heavy atom. The first-order valence-electron chi connectivity index (χ1n) is 8.25. The van der Waals surface area contributed by atoms with Gasteiger partial charge in [-0.25, -0.2) is 9.79 Å². The highest BCUT2D eigenvalue weighted by Gasteiger charge is 2.25. The summed E-state index contributed by atoms with van der Waals surface area (Å²) < 4.78 is 5.26. The number of hydrogen-bond acceptors (Lipinski definition) is 4. The van der Waals surface area contributed by atoms with Crippen LogP contribution >= 0.6 is 0 Å². The second-order valence-corrected chi connectivity index (χ2v) is 5.66. The molecule has 1 saturated heterocycles. The standard InChI is InChI=1S/C19H22N2O2/c1-2-23-19(22)18-17(21-13-8-14-21)12-7-6-11-16(20-18)15-9-4-3-5-10-15/h3-6,9-11H,2,7-8,12-14H2,1H3/b11-6-,18-17+,20-16-. The maximum Gasteiger partial charge on any atom is 0.358 e. The molecule has 0 aliphatic carbocycles. The Bertz CT molecular complexity index is 655. The van der Waals surface area contributed by atoms with E-state index in [0.717, 1.165) is 42.9 Å². The first-order valence-corrected chi connectivity index (χ1v) is 8.25. The molecule has 0 radical (unpaired) electrons. The summed E-state index contributed by atoms with van der Waals surface area (Å²) in [6, 6.07) is 9.96. The summed E-state index contributed by atoms with van der Waals surface area (Å²) in [5.74, 6) is -0.321. The van der Waals surface area contributed by atoms with Crippen molar-refractivity contribution in [3.63, 3.8) is 0 Å². The molecule has 0 aromatic heterocycles. The Morgan fingerprint density at radius 1 is 1.26 bits per heavy atom. The Hall–Kier alpha value is -2.36. The average Bonchev–Trinajstić information content (AvgIpc) is 2.49. The van der Waals surface area contributed by atoms with Crippen LogP contribution in [0.2, 0.25) is 0 Å². The van der Waals surface area contributed by atoms with Crippen molar-refractivity contribution in [3.8, 4) is 0 Å². The minimum atomic E-state index is -0.321. The Kier molecular flexibility index (Phi) is 4.91. The van der Waals surface area contributed by atoms with Crippen molar-refractivity contribution in [1.29, 1.82) is 0 Å². The van der Waals surface area contributed by atoms with E-state index < -0.39 is 0 Å². The summed E-state index contributed by atoms with van der Waals surface area (Å²) in [7, 11) is 0. The number of nitrogens with zero attached hydrogens (tertiary/aromatic N) is 2. The molecule has 4 nitrogen and oxygen atoms in total. The number of likely N-dealkylation sites (tertiary alicyclic amines) is 1. The van der Waals surface area contributed by atoms with E-state index in [-0.39, 0.29) is 5.97 Å². The molecular formula is C19H22N2O2.